The zero-order valence-corrected chi connectivity index (χ0v) is 11.1. The van der Waals surface area contributed by atoms with Crippen LogP contribution in [0.1, 0.15) is 46.5 Å². The van der Waals surface area contributed by atoms with E-state index in [0.717, 1.165) is 32.4 Å². The summed E-state index contributed by atoms with van der Waals surface area (Å²) in [5.41, 5.74) is 0.242. The highest BCUT2D eigenvalue weighted by molar-refractivity contribution is 5.76. The van der Waals surface area contributed by atoms with Crippen LogP contribution < -0.4 is 0 Å². The molecule has 3 heteroatoms. The number of likely N-dealkylation sites (tertiary alicyclic amines) is 1. The van der Waals surface area contributed by atoms with Crippen LogP contribution in [0.4, 0.5) is 0 Å². The van der Waals surface area contributed by atoms with E-state index in [1.165, 1.54) is 0 Å². The van der Waals surface area contributed by atoms with Crippen molar-refractivity contribution in [2.24, 2.45) is 5.41 Å². The van der Waals surface area contributed by atoms with Gasteiger partial charge in [0.2, 0.25) is 5.91 Å². The first-order valence-corrected chi connectivity index (χ1v) is 6.23. The summed E-state index contributed by atoms with van der Waals surface area (Å²) in [7, 11) is 1.73. The fraction of sp³-hybridized carbons (Fsp3) is 0.923. The Labute approximate surface area is 99.1 Å². The minimum atomic E-state index is 0.242. The molecule has 0 bridgehead atoms. The Bertz CT molecular complexity index is 233. The molecule has 1 heterocycles. The first-order chi connectivity index (χ1) is 7.42. The molecular formula is C13H25NO2. The molecule has 3 nitrogen and oxygen atoms in total. The third kappa shape index (κ3) is 4.52. The van der Waals surface area contributed by atoms with Crippen molar-refractivity contribution in [2.45, 2.75) is 52.6 Å². The van der Waals surface area contributed by atoms with Gasteiger partial charge in [-0.2, -0.15) is 0 Å². The van der Waals surface area contributed by atoms with Gasteiger partial charge in [-0.3, -0.25) is 4.79 Å². The number of piperidine rings is 1. The van der Waals surface area contributed by atoms with Crippen LogP contribution in [0.3, 0.4) is 0 Å². The maximum Gasteiger partial charge on any atom is 0.222 e. The first kappa shape index (κ1) is 13.5. The Balaban J connectivity index is 2.36. The fourth-order valence-electron chi connectivity index (χ4n) is 2.00. The van der Waals surface area contributed by atoms with Gasteiger partial charge in [-0.1, -0.05) is 20.8 Å². The highest BCUT2D eigenvalue weighted by Crippen LogP contribution is 2.22. The largest absolute Gasteiger partial charge is 0.380 e. The van der Waals surface area contributed by atoms with Crippen LogP contribution in [-0.4, -0.2) is 37.1 Å². The van der Waals surface area contributed by atoms with Crippen molar-refractivity contribution >= 4 is 5.91 Å². The van der Waals surface area contributed by atoms with E-state index < -0.39 is 0 Å². The maximum absolute atomic E-state index is 12.0. The summed E-state index contributed by atoms with van der Waals surface area (Å²) in [6.07, 6.45) is 4.02. The van der Waals surface area contributed by atoms with E-state index in [4.69, 9.17) is 4.74 Å². The lowest BCUT2D eigenvalue weighted by Gasteiger charge is -2.32. The highest BCUT2D eigenvalue weighted by Gasteiger charge is 2.24. The molecule has 0 radical (unpaired) electrons. The minimum absolute atomic E-state index is 0.242. The molecule has 16 heavy (non-hydrogen) atoms. The predicted octanol–water partition coefficient (Wildman–Crippen LogP) is 2.45. The third-order valence-corrected chi connectivity index (χ3v) is 3.15. The summed E-state index contributed by atoms with van der Waals surface area (Å²) in [6, 6.07) is 0. The molecule has 0 aliphatic carbocycles. The quantitative estimate of drug-likeness (QED) is 0.741. The maximum atomic E-state index is 12.0. The molecule has 1 aliphatic heterocycles. The molecule has 0 aromatic heterocycles. The summed E-state index contributed by atoms with van der Waals surface area (Å²) < 4.78 is 5.32. The molecular weight excluding hydrogens is 202 g/mol. The van der Waals surface area contributed by atoms with E-state index in [1.54, 1.807) is 7.11 Å². The molecule has 1 aliphatic rings. The van der Waals surface area contributed by atoms with Gasteiger partial charge in [-0.05, 0) is 24.7 Å². The summed E-state index contributed by atoms with van der Waals surface area (Å²) >= 11 is 0. The van der Waals surface area contributed by atoms with Gasteiger partial charge in [-0.25, -0.2) is 0 Å². The molecule has 1 amide bonds. The topological polar surface area (TPSA) is 29.5 Å². The van der Waals surface area contributed by atoms with Crippen LogP contribution in [0, 0.1) is 5.41 Å². The smallest absolute Gasteiger partial charge is 0.222 e. The Morgan fingerprint density at radius 3 is 2.69 bits per heavy atom. The molecule has 0 aromatic rings. The summed E-state index contributed by atoms with van der Waals surface area (Å²) in [5.74, 6) is 0.289. The van der Waals surface area contributed by atoms with Crippen LogP contribution in [-0.2, 0) is 9.53 Å². The lowest BCUT2D eigenvalue weighted by Crippen LogP contribution is -2.43. The summed E-state index contributed by atoms with van der Waals surface area (Å²) in [4.78, 5) is 13.9. The van der Waals surface area contributed by atoms with Gasteiger partial charge in [0, 0.05) is 26.6 Å². The first-order valence-electron chi connectivity index (χ1n) is 6.23. The number of ether oxygens (including phenoxy) is 1. The molecule has 1 saturated heterocycles. The van der Waals surface area contributed by atoms with Gasteiger partial charge < -0.3 is 9.64 Å². The number of carbonyl (C=O) groups excluding carboxylic acids is 1. The molecule has 0 saturated carbocycles. The lowest BCUT2D eigenvalue weighted by atomic mass is 9.90. The van der Waals surface area contributed by atoms with Gasteiger partial charge in [0.15, 0.2) is 0 Å². The zero-order valence-electron chi connectivity index (χ0n) is 11.1. The fourth-order valence-corrected chi connectivity index (χ4v) is 2.00. The number of rotatable bonds is 3. The number of amides is 1. The predicted molar refractivity (Wildman–Crippen MR) is 65.3 cm³/mol. The van der Waals surface area contributed by atoms with Crippen molar-refractivity contribution in [2.75, 3.05) is 20.2 Å². The van der Waals surface area contributed by atoms with E-state index in [2.05, 4.69) is 20.8 Å². The normalized spacial score (nSPS) is 22.2. The summed E-state index contributed by atoms with van der Waals surface area (Å²) in [5, 5.41) is 0. The summed E-state index contributed by atoms with van der Waals surface area (Å²) in [6.45, 7) is 8.21. The van der Waals surface area contributed by atoms with E-state index in [0.29, 0.717) is 6.42 Å². The zero-order chi connectivity index (χ0) is 12.2. The van der Waals surface area contributed by atoms with Crippen molar-refractivity contribution < 1.29 is 9.53 Å². The van der Waals surface area contributed by atoms with Gasteiger partial charge in [0.25, 0.3) is 0 Å². The van der Waals surface area contributed by atoms with Crippen LogP contribution in [0.5, 0.6) is 0 Å². The standard InChI is InChI=1S/C13H25NO2/c1-13(2,3)8-7-12(15)14-9-5-6-11(10-14)16-4/h11H,5-10H2,1-4H3. The van der Waals surface area contributed by atoms with Gasteiger partial charge >= 0.3 is 0 Å². The molecule has 94 valence electrons. The van der Waals surface area contributed by atoms with Gasteiger partial charge in [-0.15, -0.1) is 0 Å². The van der Waals surface area contributed by atoms with Crippen molar-refractivity contribution in [1.82, 2.24) is 4.90 Å². The molecule has 0 spiro atoms. The third-order valence-electron chi connectivity index (χ3n) is 3.15. The number of nitrogens with zero attached hydrogens (tertiary/aromatic N) is 1. The second-order valence-electron chi connectivity index (χ2n) is 5.90. The van der Waals surface area contributed by atoms with E-state index >= 15 is 0 Å². The van der Waals surface area contributed by atoms with Crippen molar-refractivity contribution in [1.29, 1.82) is 0 Å². The Morgan fingerprint density at radius 2 is 2.12 bits per heavy atom. The van der Waals surface area contributed by atoms with Crippen LogP contribution in [0.2, 0.25) is 0 Å². The monoisotopic (exact) mass is 227 g/mol. The average Bonchev–Trinajstić information content (AvgIpc) is 2.25. The minimum Gasteiger partial charge on any atom is -0.380 e. The second-order valence-corrected chi connectivity index (χ2v) is 5.90. The Kier molecular flexibility index (Phi) is 4.78. The molecule has 1 rings (SSSR count). The molecule has 0 N–H and O–H groups in total. The van der Waals surface area contributed by atoms with Crippen molar-refractivity contribution in [3.63, 3.8) is 0 Å². The van der Waals surface area contributed by atoms with Gasteiger partial charge in [0.1, 0.15) is 0 Å². The molecule has 1 fully saturated rings. The van der Waals surface area contributed by atoms with Crippen LogP contribution in [0.15, 0.2) is 0 Å². The Morgan fingerprint density at radius 1 is 1.44 bits per heavy atom. The van der Waals surface area contributed by atoms with E-state index in [9.17, 15) is 4.79 Å². The van der Waals surface area contributed by atoms with E-state index in [-0.39, 0.29) is 17.4 Å². The SMILES string of the molecule is COC1CCCN(C(=O)CCC(C)(C)C)C1. The molecule has 1 unspecified atom stereocenters. The Hall–Kier alpha value is -0.570. The van der Waals surface area contributed by atoms with E-state index in [1.807, 2.05) is 4.90 Å². The molecule has 0 aromatic carbocycles. The number of hydrogen-bond donors (Lipinski definition) is 0. The van der Waals surface area contributed by atoms with Crippen LogP contribution >= 0.6 is 0 Å². The van der Waals surface area contributed by atoms with Crippen molar-refractivity contribution in [3.8, 4) is 0 Å². The van der Waals surface area contributed by atoms with Crippen molar-refractivity contribution in [3.05, 3.63) is 0 Å². The highest BCUT2D eigenvalue weighted by atomic mass is 16.5. The second kappa shape index (κ2) is 5.67. The number of methoxy groups -OCH3 is 1. The van der Waals surface area contributed by atoms with Gasteiger partial charge in [0.05, 0.1) is 6.10 Å². The lowest BCUT2D eigenvalue weighted by molar-refractivity contribution is -0.135. The molecule has 1 atom stereocenters. The average molecular weight is 227 g/mol. The number of hydrogen-bond acceptors (Lipinski definition) is 2. The van der Waals surface area contributed by atoms with Crippen LogP contribution in [0.25, 0.3) is 0 Å². The number of carbonyl (C=O) groups is 1.